The van der Waals surface area contributed by atoms with E-state index in [0.717, 1.165) is 12.8 Å². The number of hydrogen-bond acceptors (Lipinski definition) is 5. The number of nitrogen functional groups attached to an aromatic ring is 1. The average molecular weight is 236 g/mol. The third-order valence-corrected chi connectivity index (χ3v) is 2.67. The molecule has 0 bridgehead atoms. The van der Waals surface area contributed by atoms with E-state index in [1.807, 2.05) is 0 Å². The predicted octanol–water partition coefficient (Wildman–Crippen LogP) is 1.26. The number of rotatable bonds is 3. The molecule has 1 aromatic carbocycles. The van der Waals surface area contributed by atoms with Gasteiger partial charge in [-0.05, 0) is 12.8 Å². The number of hydrazine groups is 1. The molecule has 1 aromatic rings. The van der Waals surface area contributed by atoms with Crippen molar-refractivity contribution >= 4 is 17.6 Å². The fourth-order valence-electron chi connectivity index (χ4n) is 1.61. The Morgan fingerprint density at radius 3 is 2.94 bits per heavy atom. The number of hydrogen-bond donors (Lipinski definition) is 2. The van der Waals surface area contributed by atoms with E-state index in [1.165, 1.54) is 11.2 Å². The van der Waals surface area contributed by atoms with E-state index in [2.05, 4.69) is 10.5 Å². The minimum Gasteiger partial charge on any atom is -0.488 e. The van der Waals surface area contributed by atoms with Crippen LogP contribution in [0.2, 0.25) is 0 Å². The minimum atomic E-state index is -0.484. The summed E-state index contributed by atoms with van der Waals surface area (Å²) in [6.07, 6.45) is 3.90. The fraction of sp³-hybridized carbons (Fsp3) is 0.364. The van der Waals surface area contributed by atoms with Crippen molar-refractivity contribution in [1.29, 1.82) is 0 Å². The molecular formula is C11H13FN4O. The molecule has 6 heteroatoms. The van der Waals surface area contributed by atoms with E-state index in [1.54, 1.807) is 12.3 Å². The topological polar surface area (TPSA) is 62.9 Å². The van der Waals surface area contributed by atoms with Crippen LogP contribution in [-0.4, -0.2) is 18.9 Å². The van der Waals surface area contributed by atoms with Gasteiger partial charge in [-0.25, -0.2) is 9.82 Å². The SMILES string of the molecule is Nc1c(F)cc(N2N=CCN2)cc1OC1CC1. The van der Waals surface area contributed by atoms with Crippen LogP contribution in [-0.2, 0) is 0 Å². The van der Waals surface area contributed by atoms with Gasteiger partial charge in [-0.2, -0.15) is 10.2 Å². The van der Waals surface area contributed by atoms with Crippen molar-refractivity contribution in [1.82, 2.24) is 5.43 Å². The maximum atomic E-state index is 13.7. The van der Waals surface area contributed by atoms with Crippen LogP contribution >= 0.6 is 0 Å². The second kappa shape index (κ2) is 3.89. The molecule has 1 heterocycles. The molecule has 0 saturated heterocycles. The highest BCUT2D eigenvalue weighted by molar-refractivity contribution is 5.68. The van der Waals surface area contributed by atoms with Crippen molar-refractivity contribution in [2.45, 2.75) is 18.9 Å². The molecule has 3 rings (SSSR count). The quantitative estimate of drug-likeness (QED) is 0.775. The van der Waals surface area contributed by atoms with Gasteiger partial charge in [0.05, 0.1) is 18.3 Å². The number of ether oxygens (including phenoxy) is 1. The van der Waals surface area contributed by atoms with Crippen molar-refractivity contribution < 1.29 is 9.13 Å². The van der Waals surface area contributed by atoms with E-state index in [4.69, 9.17) is 10.5 Å². The van der Waals surface area contributed by atoms with E-state index < -0.39 is 5.82 Å². The zero-order chi connectivity index (χ0) is 11.8. The molecular weight excluding hydrogens is 223 g/mol. The maximum Gasteiger partial charge on any atom is 0.152 e. The monoisotopic (exact) mass is 236 g/mol. The third-order valence-electron chi connectivity index (χ3n) is 2.67. The lowest BCUT2D eigenvalue weighted by molar-refractivity contribution is 0.303. The smallest absolute Gasteiger partial charge is 0.152 e. The number of nitrogens with zero attached hydrogens (tertiary/aromatic N) is 2. The number of benzene rings is 1. The number of nitrogens with two attached hydrogens (primary N) is 1. The van der Waals surface area contributed by atoms with Gasteiger partial charge in [0.15, 0.2) is 5.82 Å². The van der Waals surface area contributed by atoms with Crippen LogP contribution in [0.15, 0.2) is 17.2 Å². The summed E-state index contributed by atoms with van der Waals surface area (Å²) in [5.41, 5.74) is 9.26. The number of hydrazone groups is 1. The Labute approximate surface area is 98.0 Å². The summed E-state index contributed by atoms with van der Waals surface area (Å²) in [7, 11) is 0. The molecule has 1 fully saturated rings. The lowest BCUT2D eigenvalue weighted by atomic mass is 10.2. The number of halogens is 1. The molecule has 0 aromatic heterocycles. The first-order valence-electron chi connectivity index (χ1n) is 5.56. The lowest BCUT2D eigenvalue weighted by Gasteiger charge is -2.17. The summed E-state index contributed by atoms with van der Waals surface area (Å²) in [6.45, 7) is 0.630. The summed E-state index contributed by atoms with van der Waals surface area (Å²) in [5.74, 6) is -0.0894. The van der Waals surface area contributed by atoms with Gasteiger partial charge in [0.25, 0.3) is 0 Å². The molecule has 1 saturated carbocycles. The summed E-state index contributed by atoms with van der Waals surface area (Å²) in [5, 5.41) is 5.55. The van der Waals surface area contributed by atoms with Gasteiger partial charge in [-0.1, -0.05) is 0 Å². The van der Waals surface area contributed by atoms with Crippen molar-refractivity contribution in [2.24, 2.45) is 5.10 Å². The molecule has 0 unspecified atom stereocenters. The minimum absolute atomic E-state index is 0.0591. The van der Waals surface area contributed by atoms with Crippen molar-refractivity contribution in [3.05, 3.63) is 17.9 Å². The van der Waals surface area contributed by atoms with E-state index in [0.29, 0.717) is 18.0 Å². The molecule has 1 aliphatic heterocycles. The Morgan fingerprint density at radius 1 is 1.47 bits per heavy atom. The Kier molecular flexibility index (Phi) is 2.36. The van der Waals surface area contributed by atoms with Crippen LogP contribution in [0.1, 0.15) is 12.8 Å². The molecule has 0 atom stereocenters. The Hall–Kier alpha value is -1.82. The average Bonchev–Trinajstić information content (AvgIpc) is 2.96. The molecule has 3 N–H and O–H groups in total. The Balaban J connectivity index is 1.92. The zero-order valence-electron chi connectivity index (χ0n) is 9.19. The van der Waals surface area contributed by atoms with Crippen molar-refractivity contribution in [3.63, 3.8) is 0 Å². The zero-order valence-corrected chi connectivity index (χ0v) is 9.19. The highest BCUT2D eigenvalue weighted by atomic mass is 19.1. The molecule has 90 valence electrons. The van der Waals surface area contributed by atoms with Crippen LogP contribution in [0.25, 0.3) is 0 Å². The van der Waals surface area contributed by atoms with Crippen LogP contribution in [0.3, 0.4) is 0 Å². The molecule has 17 heavy (non-hydrogen) atoms. The largest absolute Gasteiger partial charge is 0.488 e. The van der Waals surface area contributed by atoms with E-state index in [-0.39, 0.29) is 11.8 Å². The second-order valence-electron chi connectivity index (χ2n) is 4.13. The maximum absolute atomic E-state index is 13.7. The van der Waals surface area contributed by atoms with Gasteiger partial charge in [-0.15, -0.1) is 0 Å². The van der Waals surface area contributed by atoms with Gasteiger partial charge in [-0.3, -0.25) is 0 Å². The van der Waals surface area contributed by atoms with Crippen molar-refractivity contribution in [2.75, 3.05) is 17.4 Å². The van der Waals surface area contributed by atoms with Gasteiger partial charge in [0.2, 0.25) is 0 Å². The van der Waals surface area contributed by atoms with Gasteiger partial charge < -0.3 is 10.5 Å². The second-order valence-corrected chi connectivity index (χ2v) is 4.13. The van der Waals surface area contributed by atoms with Crippen LogP contribution < -0.4 is 21.0 Å². The normalized spacial score (nSPS) is 18.8. The predicted molar refractivity (Wildman–Crippen MR) is 63.4 cm³/mol. The molecule has 2 aliphatic rings. The lowest BCUT2D eigenvalue weighted by Crippen LogP contribution is -2.28. The van der Waals surface area contributed by atoms with Gasteiger partial charge >= 0.3 is 0 Å². The third kappa shape index (κ3) is 2.03. The van der Waals surface area contributed by atoms with Gasteiger partial charge in [0.1, 0.15) is 11.4 Å². The summed E-state index contributed by atoms with van der Waals surface area (Å²) < 4.78 is 19.2. The Morgan fingerprint density at radius 2 is 2.29 bits per heavy atom. The molecule has 5 nitrogen and oxygen atoms in total. The van der Waals surface area contributed by atoms with Crippen LogP contribution in [0.4, 0.5) is 15.8 Å². The Bertz CT molecular complexity index is 473. The first-order chi connectivity index (χ1) is 8.24. The number of anilines is 2. The summed E-state index contributed by atoms with van der Waals surface area (Å²) >= 11 is 0. The van der Waals surface area contributed by atoms with E-state index >= 15 is 0 Å². The molecule has 0 radical (unpaired) electrons. The van der Waals surface area contributed by atoms with Crippen molar-refractivity contribution in [3.8, 4) is 5.75 Å². The van der Waals surface area contributed by atoms with Crippen LogP contribution in [0.5, 0.6) is 5.75 Å². The number of nitrogens with one attached hydrogen (secondary N) is 1. The van der Waals surface area contributed by atoms with E-state index in [9.17, 15) is 4.39 Å². The summed E-state index contributed by atoms with van der Waals surface area (Å²) in [4.78, 5) is 0. The standard InChI is InChI=1S/C11H13FN4O/c12-9-5-7(16-14-3-4-15-16)6-10(11(9)13)17-8-1-2-8/h3,5-6,8,15H,1-2,4,13H2. The first kappa shape index (κ1) is 10.3. The highest BCUT2D eigenvalue weighted by Gasteiger charge is 2.25. The summed E-state index contributed by atoms with van der Waals surface area (Å²) in [6, 6.07) is 3.04. The molecule has 0 amide bonds. The van der Waals surface area contributed by atoms with Crippen LogP contribution in [0, 0.1) is 5.82 Å². The fourth-order valence-corrected chi connectivity index (χ4v) is 1.61. The highest BCUT2D eigenvalue weighted by Crippen LogP contribution is 2.35. The molecule has 0 spiro atoms. The van der Waals surface area contributed by atoms with Gasteiger partial charge in [0, 0.05) is 18.3 Å². The first-order valence-corrected chi connectivity index (χ1v) is 5.56. The molecule has 1 aliphatic carbocycles.